The summed E-state index contributed by atoms with van der Waals surface area (Å²) in [7, 11) is 0. The number of carbonyl (C=O) groups is 1. The summed E-state index contributed by atoms with van der Waals surface area (Å²) in [6, 6.07) is 0. The van der Waals surface area contributed by atoms with Crippen LogP contribution in [0, 0.1) is 52.8 Å². The van der Waals surface area contributed by atoms with Crippen LogP contribution in [0.4, 0.5) is 13.2 Å². The molecule has 4 aliphatic carbocycles. The van der Waals surface area contributed by atoms with Gasteiger partial charge < -0.3 is 0 Å². The van der Waals surface area contributed by atoms with Gasteiger partial charge in [-0.1, -0.05) is 27.2 Å². The van der Waals surface area contributed by atoms with Gasteiger partial charge in [0.25, 0.3) is 0 Å². The van der Waals surface area contributed by atoms with E-state index in [1.165, 1.54) is 43.2 Å². The number of alkyl halides is 3. The minimum absolute atomic E-state index is 0.0214. The maximum Gasteiger partial charge on any atom is 0.419 e. The van der Waals surface area contributed by atoms with Gasteiger partial charge in [0.2, 0.25) is 0 Å². The molecule has 4 aliphatic rings. The highest BCUT2D eigenvalue weighted by atomic mass is 19.4. The van der Waals surface area contributed by atoms with Crippen molar-refractivity contribution in [3.8, 4) is 0 Å². The summed E-state index contributed by atoms with van der Waals surface area (Å²) >= 11 is 0. The largest absolute Gasteiger partial charge is 0.419 e. The van der Waals surface area contributed by atoms with Gasteiger partial charge in [-0.25, -0.2) is 0 Å². The summed E-state index contributed by atoms with van der Waals surface area (Å²) in [5.41, 5.74) is -0.805. The second kappa shape index (κ2) is 7.87. The fourth-order valence-electron chi connectivity index (χ4n) is 8.99. The number of hydrogen-bond acceptors (Lipinski definition) is 2. The first-order chi connectivity index (χ1) is 15.1. The van der Waals surface area contributed by atoms with Crippen LogP contribution in [0.25, 0.3) is 0 Å². The van der Waals surface area contributed by atoms with E-state index in [4.69, 9.17) is 0 Å². The van der Waals surface area contributed by atoms with Crippen LogP contribution in [0.3, 0.4) is 0 Å². The Kier molecular flexibility index (Phi) is 5.52. The minimum Gasteiger partial charge on any atom is -0.297 e. The average molecular weight is 451 g/mol. The van der Waals surface area contributed by atoms with Crippen molar-refractivity contribution in [2.75, 3.05) is 0 Å². The fraction of sp³-hybridized carbons (Fsp3) is 0.846. The Morgan fingerprint density at radius 2 is 1.84 bits per heavy atom. The van der Waals surface area contributed by atoms with Crippen molar-refractivity contribution in [1.82, 2.24) is 9.78 Å². The quantitative estimate of drug-likeness (QED) is 0.519. The van der Waals surface area contributed by atoms with E-state index in [1.54, 1.807) is 0 Å². The third kappa shape index (κ3) is 3.64. The first-order valence-corrected chi connectivity index (χ1v) is 12.7. The van der Waals surface area contributed by atoms with E-state index in [0.717, 1.165) is 54.8 Å². The summed E-state index contributed by atoms with van der Waals surface area (Å²) in [5, 5.41) is 3.83. The maximum atomic E-state index is 13.4. The maximum absolute atomic E-state index is 13.4. The average Bonchev–Trinajstić information content (AvgIpc) is 3.29. The van der Waals surface area contributed by atoms with Gasteiger partial charge in [-0.05, 0) is 91.8 Å². The van der Waals surface area contributed by atoms with Crippen LogP contribution in [0.5, 0.6) is 0 Å². The summed E-state index contributed by atoms with van der Waals surface area (Å²) in [6.07, 6.45) is 7.37. The Hall–Kier alpha value is -1.33. The number of ketones is 1. The van der Waals surface area contributed by atoms with Gasteiger partial charge in [-0.2, -0.15) is 18.3 Å². The van der Waals surface area contributed by atoms with Crippen molar-refractivity contribution < 1.29 is 18.0 Å². The summed E-state index contributed by atoms with van der Waals surface area (Å²) in [4.78, 5) is 13.4. The first-order valence-electron chi connectivity index (χ1n) is 12.7. The highest BCUT2D eigenvalue weighted by Crippen LogP contribution is 2.66. The van der Waals surface area contributed by atoms with Gasteiger partial charge in [0.05, 0.1) is 18.3 Å². The lowest BCUT2D eigenvalue weighted by atomic mass is 9.48. The second-order valence-electron chi connectivity index (χ2n) is 12.0. The number of Topliss-reactive ketones (excluding diaryl/α,β-unsaturated/α-hetero) is 1. The van der Waals surface area contributed by atoms with E-state index < -0.39 is 11.7 Å². The molecule has 0 bridgehead atoms. The van der Waals surface area contributed by atoms with Crippen LogP contribution in [0.2, 0.25) is 0 Å². The predicted octanol–water partition coefficient (Wildman–Crippen LogP) is 6.62. The van der Waals surface area contributed by atoms with Crippen molar-refractivity contribution in [2.24, 2.45) is 52.8 Å². The molecule has 0 spiro atoms. The Labute approximate surface area is 189 Å². The SMILES string of the molecule is CC1C[C@H](C(=O)Cn2cc(C(F)(F)F)cn2)[C@@]2(C)CC[C@@H]3[C@H]4CC[C@H](C)C[C@H]4CC[C@H]3C12. The van der Waals surface area contributed by atoms with Gasteiger partial charge in [-0.15, -0.1) is 0 Å². The highest BCUT2D eigenvalue weighted by molar-refractivity contribution is 5.82. The molecule has 0 aliphatic heterocycles. The fourth-order valence-corrected chi connectivity index (χ4v) is 8.99. The van der Waals surface area contributed by atoms with Gasteiger partial charge in [0.1, 0.15) is 0 Å². The van der Waals surface area contributed by atoms with Crippen molar-refractivity contribution in [3.63, 3.8) is 0 Å². The molecule has 2 unspecified atom stereocenters. The number of nitrogens with zero attached hydrogens (tertiary/aromatic N) is 2. The van der Waals surface area contributed by atoms with Crippen LogP contribution in [0.15, 0.2) is 12.4 Å². The predicted molar refractivity (Wildman–Crippen MR) is 117 cm³/mol. The third-order valence-corrected chi connectivity index (χ3v) is 10.2. The van der Waals surface area contributed by atoms with Crippen molar-refractivity contribution in [3.05, 3.63) is 18.0 Å². The summed E-state index contributed by atoms with van der Waals surface area (Å²) in [6.45, 7) is 7.00. The molecule has 5 rings (SSSR count). The standard InChI is InChI=1S/C26H37F3N2O/c1-15-4-6-19-17(10-15)5-7-21-20(19)8-9-25(3)22(11-16(2)24(21)25)23(32)14-31-13-18(12-30-31)26(27,28)29/h12-13,15-17,19-22,24H,4-11,14H2,1-3H3/t15-,16?,17+,19-,20+,21+,22+,24?,25+/m0/s1. The van der Waals surface area contributed by atoms with E-state index in [1.807, 2.05) is 0 Å². The van der Waals surface area contributed by atoms with Crippen molar-refractivity contribution in [1.29, 1.82) is 0 Å². The molecule has 32 heavy (non-hydrogen) atoms. The van der Waals surface area contributed by atoms with E-state index >= 15 is 0 Å². The lowest BCUT2D eigenvalue weighted by molar-refractivity contribution is -0.138. The minimum atomic E-state index is -4.42. The van der Waals surface area contributed by atoms with Crippen LogP contribution < -0.4 is 0 Å². The van der Waals surface area contributed by atoms with E-state index in [2.05, 4.69) is 25.9 Å². The third-order valence-electron chi connectivity index (χ3n) is 10.2. The van der Waals surface area contributed by atoms with E-state index in [9.17, 15) is 18.0 Å². The lowest BCUT2D eigenvalue weighted by Crippen LogP contribution is -2.50. The molecule has 178 valence electrons. The van der Waals surface area contributed by atoms with Gasteiger partial charge >= 0.3 is 6.18 Å². The zero-order valence-corrected chi connectivity index (χ0v) is 19.6. The lowest BCUT2D eigenvalue weighted by Gasteiger charge is -2.56. The molecule has 1 aromatic rings. The topological polar surface area (TPSA) is 34.9 Å². The number of hydrogen-bond donors (Lipinski definition) is 0. The van der Waals surface area contributed by atoms with Gasteiger partial charge in [-0.3, -0.25) is 9.48 Å². The molecule has 0 radical (unpaired) electrons. The van der Waals surface area contributed by atoms with Gasteiger partial charge in [0.15, 0.2) is 5.78 Å². The number of rotatable bonds is 3. The zero-order valence-electron chi connectivity index (χ0n) is 19.6. The normalized spacial score (nSPS) is 43.9. The van der Waals surface area contributed by atoms with Crippen LogP contribution in [0.1, 0.15) is 77.7 Å². The smallest absolute Gasteiger partial charge is 0.297 e. The Balaban J connectivity index is 1.33. The first kappa shape index (κ1) is 22.5. The number of carbonyl (C=O) groups excluding carboxylic acids is 1. The molecule has 0 amide bonds. The molecular formula is C26H37F3N2O. The molecule has 6 heteroatoms. The molecule has 1 heterocycles. The molecular weight excluding hydrogens is 413 g/mol. The van der Waals surface area contributed by atoms with E-state index in [-0.39, 0.29) is 23.7 Å². The molecule has 1 aromatic heterocycles. The molecule has 4 saturated carbocycles. The Morgan fingerprint density at radius 1 is 1.09 bits per heavy atom. The van der Waals surface area contributed by atoms with Gasteiger partial charge in [0, 0.05) is 12.1 Å². The zero-order chi connectivity index (χ0) is 22.8. The monoisotopic (exact) mass is 450 g/mol. The summed E-state index contributed by atoms with van der Waals surface area (Å²) in [5.74, 6) is 5.26. The number of aromatic nitrogens is 2. The van der Waals surface area contributed by atoms with Crippen molar-refractivity contribution >= 4 is 5.78 Å². The number of fused-ring (bicyclic) bond motifs is 5. The molecule has 3 nitrogen and oxygen atoms in total. The molecule has 9 atom stereocenters. The molecule has 0 saturated heterocycles. The second-order valence-corrected chi connectivity index (χ2v) is 12.0. The van der Waals surface area contributed by atoms with Crippen LogP contribution >= 0.6 is 0 Å². The Morgan fingerprint density at radius 3 is 2.56 bits per heavy atom. The molecule has 0 N–H and O–H groups in total. The molecule has 0 aromatic carbocycles. The molecule has 4 fully saturated rings. The Bertz CT molecular complexity index is 863. The van der Waals surface area contributed by atoms with Crippen molar-refractivity contribution in [2.45, 2.75) is 84.9 Å². The van der Waals surface area contributed by atoms with Crippen LogP contribution in [-0.2, 0) is 17.5 Å². The van der Waals surface area contributed by atoms with E-state index in [0.29, 0.717) is 11.8 Å². The highest BCUT2D eigenvalue weighted by Gasteiger charge is 2.60. The number of halogens is 3. The summed E-state index contributed by atoms with van der Waals surface area (Å²) < 4.78 is 40.0. The van der Waals surface area contributed by atoms with Crippen LogP contribution in [-0.4, -0.2) is 15.6 Å².